The molecule has 8 N–H and O–H groups in total. The molecular weight excluding hydrogens is 1730 g/mol. The first-order valence-electron chi connectivity index (χ1n) is 14.4. The first-order valence-corrected chi connectivity index (χ1v) is 14.4. The molecule has 0 aliphatic heterocycles. The van der Waals surface area contributed by atoms with Crippen LogP contribution in [-0.2, 0) is 52.1 Å². The smallest absolute Gasteiger partial charge is 0.0976 e. The molecule has 0 aliphatic carbocycles. The van der Waals surface area contributed by atoms with Gasteiger partial charge in [0.05, 0.1) is 89.5 Å². The molecule has 0 saturated heterocycles. The molecule has 4 unspecified atom stereocenters. The van der Waals surface area contributed by atoms with Gasteiger partial charge in [0.25, 0.3) is 0 Å². The second-order valence-electron chi connectivity index (χ2n) is 9.02. The van der Waals surface area contributed by atoms with Crippen molar-refractivity contribution < 1.29 is 93.0 Å². The molecule has 0 aromatic carbocycles. The third kappa shape index (κ3) is 77.9. The van der Waals surface area contributed by atoms with Crippen molar-refractivity contribution in [2.24, 2.45) is 0 Å². The monoisotopic (exact) mass is 1790 g/mol. The predicted molar refractivity (Wildman–Crippen MR) is 173 cm³/mol. The number of aliphatic hydroxyl groups excluding tert-OH is 8. The van der Waals surface area contributed by atoms with Crippen LogP contribution in [0.25, 0.3) is 0 Å². The summed E-state index contributed by atoms with van der Waals surface area (Å²) in [6.45, 7) is 2.29. The van der Waals surface area contributed by atoms with Crippen LogP contribution in [0.1, 0.15) is 0 Å². The first kappa shape index (κ1) is 69.9. The molecule has 0 heterocycles. The number of aliphatic hydroxyl groups is 8. The quantitative estimate of drug-likeness (QED) is 0.0300. The minimum atomic E-state index is -0.717. The summed E-state index contributed by atoms with van der Waals surface area (Å²) in [5.41, 5.74) is 0. The Balaban J connectivity index is -0.0000000647. The van der Waals surface area contributed by atoms with Gasteiger partial charge in [-0.05, 0) is 0 Å². The Bertz CT molecular complexity index is 506. The van der Waals surface area contributed by atoms with E-state index in [1.54, 1.807) is 0 Å². The molecular formula is C30H62O19Rf4-8. The third-order valence-electron chi connectivity index (χ3n) is 4.19. The topological polar surface area (TPSA) is 263 Å². The van der Waals surface area contributed by atoms with Crippen LogP contribution >= 0.6 is 0 Å². The molecule has 4 atom stereocenters. The number of ether oxygens (including phenoxy) is 11. The molecule has 0 radical (unpaired) electrons. The van der Waals surface area contributed by atoms with E-state index in [-0.39, 0.29) is 106 Å². The van der Waals surface area contributed by atoms with E-state index < -0.39 is 36.6 Å². The van der Waals surface area contributed by atoms with Crippen LogP contribution < -0.4 is 0 Å². The Kier molecular flexibility index (Phi) is 82.3. The van der Waals surface area contributed by atoms with E-state index >= 15 is 0 Å². The molecule has 19 nitrogen and oxygen atoms in total. The van der Waals surface area contributed by atoms with Gasteiger partial charge >= 0.3 is 0 Å². The Hall–Kier alpha value is -4.76. The second kappa shape index (κ2) is 62.4. The summed E-state index contributed by atoms with van der Waals surface area (Å²) in [5.74, 6) is 0. The molecule has 53 heavy (non-hydrogen) atoms. The number of hydrogen-bond acceptors (Lipinski definition) is 19. The Morgan fingerprint density at radius 1 is 0.283 bits per heavy atom. The van der Waals surface area contributed by atoms with Crippen molar-refractivity contribution in [3.8, 4) is 0 Å². The number of hydrogen-bond donors (Lipinski definition) is 8. The molecule has 312 valence electrons. The minimum Gasteiger partial charge on any atom is -0.553 e. The fourth-order valence-electron chi connectivity index (χ4n) is 2.28. The van der Waals surface area contributed by atoms with E-state index in [0.29, 0.717) is 0 Å². The minimum absolute atomic E-state index is 0. The van der Waals surface area contributed by atoms with E-state index in [9.17, 15) is 0 Å². The van der Waals surface area contributed by atoms with Gasteiger partial charge in [0, 0.05) is 52.9 Å². The van der Waals surface area contributed by atoms with Crippen molar-refractivity contribution >= 4 is 0 Å². The normalized spacial score (nSPS) is 12.1. The summed E-state index contributed by atoms with van der Waals surface area (Å²) < 4.78 is 49.6. The van der Waals surface area contributed by atoms with Gasteiger partial charge in [-0.1, -0.05) is 0 Å². The van der Waals surface area contributed by atoms with Crippen LogP contribution in [0.2, 0.25) is 0 Å². The average molecular weight is 1790 g/mol. The van der Waals surface area contributed by atoms with Crippen LogP contribution in [0.3, 0.4) is 0 Å². The fraction of sp³-hybridized carbons (Fsp3) is 0.733. The van der Waals surface area contributed by atoms with Gasteiger partial charge in [-0.3, -0.25) is 0 Å². The van der Waals surface area contributed by atoms with E-state index in [2.05, 4.69) is 94.8 Å². The third-order valence-corrected chi connectivity index (χ3v) is 4.19. The zero-order valence-electron chi connectivity index (χ0n) is 31.3. The average Bonchev–Trinajstić information content (AvgIpc) is 3.04. The summed E-state index contributed by atoms with van der Waals surface area (Å²) in [5, 5.41) is 69.9. The van der Waals surface area contributed by atoms with E-state index in [0.717, 1.165) is 0 Å². The molecule has 0 fully saturated rings. The molecule has 0 rings (SSSR count). The predicted octanol–water partition coefficient (Wildman–Crippen LogP) is -2.40. The number of rotatable bonds is 28. The Morgan fingerprint density at radius 3 is 0.585 bits per heavy atom. The Morgan fingerprint density at radius 2 is 0.434 bits per heavy atom. The van der Waals surface area contributed by atoms with Gasteiger partial charge in [0.2, 0.25) is 0 Å². The van der Waals surface area contributed by atoms with Gasteiger partial charge < -0.3 is 93.0 Å². The van der Waals surface area contributed by atoms with Crippen molar-refractivity contribution in [2.45, 2.75) is 36.6 Å². The summed E-state index contributed by atoms with van der Waals surface area (Å²) in [4.78, 5) is 0. The van der Waals surface area contributed by atoms with Crippen LogP contribution in [0.5, 0.6) is 0 Å². The van der Waals surface area contributed by atoms with Gasteiger partial charge in [-0.2, -0.15) is 0 Å². The maximum atomic E-state index is 9.08. The Labute approximate surface area is 292 Å². The zero-order valence-corrected chi connectivity index (χ0v) is 56.9. The van der Waals surface area contributed by atoms with Gasteiger partial charge in [-0.15, -0.1) is 0 Å². The van der Waals surface area contributed by atoms with Crippen LogP contribution in [0.15, 0.2) is 0 Å². The van der Waals surface area contributed by atoms with Crippen molar-refractivity contribution in [3.63, 3.8) is 0 Å². The fourth-order valence-corrected chi connectivity index (χ4v) is 2.28. The van der Waals surface area contributed by atoms with Gasteiger partial charge in [0.15, 0.2) is 0 Å². The summed E-state index contributed by atoms with van der Waals surface area (Å²) in [7, 11) is 24.7. The molecule has 0 aromatic heterocycles. The standard InChI is InChI=1S/C8H16O5.2C6H13O4.2C5H10O3.4Rf/c1-11-3-7(9)5-13-6-8(10)4-12-2;2*1-9-4-6(8)5-10-3-2-7;2*1-7-3-5(6)4-8-2;;;;/h7-10H,1-6H2;2*6-8H,1-5H2;2*5-6H,1-4H2;;;;/q-2;2*-1;2*-2;;;;. The molecule has 23 heteroatoms. The van der Waals surface area contributed by atoms with Gasteiger partial charge in [0.1, 0.15) is 0 Å². The molecule has 0 aliphatic rings. The van der Waals surface area contributed by atoms with Crippen LogP contribution in [-0.4, -0.2) is 183 Å². The van der Waals surface area contributed by atoms with Crippen molar-refractivity contribution in [3.05, 3.63) is 56.9 Å². The van der Waals surface area contributed by atoms with Crippen molar-refractivity contribution in [1.82, 2.24) is 0 Å². The zero-order chi connectivity index (χ0) is 38.6. The van der Waals surface area contributed by atoms with E-state index in [4.69, 9.17) is 55.1 Å². The SMILES string of the molecule is [CH2-]OCC(O)COCC(O)CO[CH2-].[CH2-]OCC(O)COCCO.[CH2-]OCC(O)COCCO.[CH2-]OCC(O)CO[CH2-].[CH2-]OCC(O)CO[CH2-].[Rf].[Rf].[Rf].[Rf]. The molecule has 0 spiro atoms. The van der Waals surface area contributed by atoms with Crippen LogP contribution in [0.4, 0.5) is 0 Å². The maximum absolute atomic E-state index is 9.08. The van der Waals surface area contributed by atoms with E-state index in [1.165, 1.54) is 0 Å². The summed E-state index contributed by atoms with van der Waals surface area (Å²) >= 11 is 0. The van der Waals surface area contributed by atoms with Crippen molar-refractivity contribution in [1.29, 1.82) is 0 Å². The van der Waals surface area contributed by atoms with Gasteiger partial charge in [-0.25, -0.2) is 56.9 Å². The summed E-state index contributed by atoms with van der Waals surface area (Å²) in [6, 6.07) is 0. The second-order valence-corrected chi connectivity index (χ2v) is 9.02. The summed E-state index contributed by atoms with van der Waals surface area (Å²) in [6.07, 6.45) is -3.95. The molecule has 0 aromatic rings. The van der Waals surface area contributed by atoms with E-state index in [1.807, 2.05) is 0 Å². The van der Waals surface area contributed by atoms with Crippen LogP contribution in [0, 0.1) is 56.9 Å². The largest absolute Gasteiger partial charge is 0.553 e. The first-order chi connectivity index (χ1) is 23.4. The molecule has 0 saturated carbocycles. The molecule has 0 amide bonds. The molecule has 0 bridgehead atoms. The maximum Gasteiger partial charge on any atom is 0.0976 e. The van der Waals surface area contributed by atoms with Crippen molar-refractivity contribution in [2.75, 3.05) is 106 Å².